The number of aromatic nitrogens is 1. The van der Waals surface area contributed by atoms with Gasteiger partial charge in [0.25, 0.3) is 0 Å². The maximum atomic E-state index is 5.99. The molecule has 1 aliphatic rings. The monoisotopic (exact) mass is 268 g/mol. The van der Waals surface area contributed by atoms with Gasteiger partial charge in [0.05, 0.1) is 0 Å². The van der Waals surface area contributed by atoms with Crippen molar-refractivity contribution in [3.63, 3.8) is 0 Å². The molecule has 1 aromatic heterocycles. The third kappa shape index (κ3) is 2.68. The van der Waals surface area contributed by atoms with Crippen molar-refractivity contribution in [3.8, 4) is 5.75 Å². The van der Waals surface area contributed by atoms with Crippen molar-refractivity contribution in [1.29, 1.82) is 0 Å². The quantitative estimate of drug-likeness (QED) is 0.903. The lowest BCUT2D eigenvalue weighted by atomic mass is 10.1. The average molecular weight is 268 g/mol. The van der Waals surface area contributed by atoms with Crippen LogP contribution in [0.1, 0.15) is 36.1 Å². The van der Waals surface area contributed by atoms with Gasteiger partial charge >= 0.3 is 0 Å². The second kappa shape index (κ2) is 6.06. The number of fused-ring (bicyclic) bond motifs is 1. The molecule has 1 heterocycles. The molecule has 3 nitrogen and oxygen atoms in total. The van der Waals surface area contributed by atoms with Crippen LogP contribution >= 0.6 is 0 Å². The van der Waals surface area contributed by atoms with Crippen LogP contribution in [0.4, 0.5) is 0 Å². The van der Waals surface area contributed by atoms with Gasteiger partial charge in [-0.3, -0.25) is 4.98 Å². The minimum atomic E-state index is 0.483. The third-order valence-corrected chi connectivity index (χ3v) is 3.80. The highest BCUT2D eigenvalue weighted by atomic mass is 16.5. The Morgan fingerprint density at radius 2 is 2.25 bits per heavy atom. The van der Waals surface area contributed by atoms with Gasteiger partial charge < -0.3 is 10.1 Å². The number of hydrogen-bond donors (Lipinski definition) is 1. The number of pyridine rings is 1. The summed E-state index contributed by atoms with van der Waals surface area (Å²) >= 11 is 0. The Kier molecular flexibility index (Phi) is 3.97. The fourth-order valence-corrected chi connectivity index (χ4v) is 2.86. The normalized spacial score (nSPS) is 16.9. The zero-order chi connectivity index (χ0) is 13.8. The second-order valence-electron chi connectivity index (χ2n) is 5.12. The highest BCUT2D eigenvalue weighted by Crippen LogP contribution is 2.37. The van der Waals surface area contributed by atoms with E-state index in [9.17, 15) is 0 Å². The summed E-state index contributed by atoms with van der Waals surface area (Å²) in [6.07, 6.45) is 5.89. The Hall–Kier alpha value is -1.87. The molecule has 0 radical (unpaired) electrons. The van der Waals surface area contributed by atoms with E-state index in [2.05, 4.69) is 35.4 Å². The predicted octanol–water partition coefficient (Wildman–Crippen LogP) is 3.26. The Labute approximate surface area is 120 Å². The van der Waals surface area contributed by atoms with Crippen molar-refractivity contribution in [2.75, 3.05) is 6.54 Å². The highest BCUT2D eigenvalue weighted by Gasteiger charge is 2.24. The number of hydrogen-bond acceptors (Lipinski definition) is 3. The first-order valence-electron chi connectivity index (χ1n) is 7.25. The molecule has 0 saturated carbocycles. The molecule has 104 valence electrons. The molecule has 1 N–H and O–H groups in total. The minimum absolute atomic E-state index is 0.483. The van der Waals surface area contributed by atoms with Crippen molar-refractivity contribution >= 4 is 0 Å². The van der Waals surface area contributed by atoms with Gasteiger partial charge in [-0.05, 0) is 42.6 Å². The molecule has 0 spiro atoms. The second-order valence-corrected chi connectivity index (χ2v) is 5.12. The van der Waals surface area contributed by atoms with Gasteiger partial charge in [-0.1, -0.05) is 25.1 Å². The Bertz CT molecular complexity index is 568. The fourth-order valence-electron chi connectivity index (χ4n) is 2.86. The molecule has 3 rings (SSSR count). The highest BCUT2D eigenvalue weighted by molar-refractivity contribution is 5.45. The van der Waals surface area contributed by atoms with E-state index in [1.165, 1.54) is 11.1 Å². The summed E-state index contributed by atoms with van der Waals surface area (Å²) in [5.74, 6) is 1.02. The van der Waals surface area contributed by atoms with E-state index < -0.39 is 0 Å². The standard InChI is InChI=1S/C17H20N2O/c1-2-19-16-9-8-15-14(16)6-3-7-17(15)20-12-13-5-4-10-18-11-13/h3-7,10-11,16,19H,2,8-9,12H2,1H3. The zero-order valence-electron chi connectivity index (χ0n) is 11.8. The van der Waals surface area contributed by atoms with Gasteiger partial charge in [0.2, 0.25) is 0 Å². The summed E-state index contributed by atoms with van der Waals surface area (Å²) < 4.78 is 5.99. The number of benzene rings is 1. The number of nitrogens with zero attached hydrogens (tertiary/aromatic N) is 1. The van der Waals surface area contributed by atoms with Gasteiger partial charge in [0.1, 0.15) is 12.4 Å². The molecule has 1 atom stereocenters. The fraction of sp³-hybridized carbons (Fsp3) is 0.353. The first kappa shape index (κ1) is 13.1. The molecule has 3 heteroatoms. The molecule has 1 aliphatic carbocycles. The average Bonchev–Trinajstić information content (AvgIpc) is 2.91. The minimum Gasteiger partial charge on any atom is -0.489 e. The summed E-state index contributed by atoms with van der Waals surface area (Å²) in [5.41, 5.74) is 3.87. The lowest BCUT2D eigenvalue weighted by Crippen LogP contribution is -2.18. The van der Waals surface area contributed by atoms with Crippen molar-refractivity contribution in [2.24, 2.45) is 0 Å². The Balaban J connectivity index is 1.75. The van der Waals surface area contributed by atoms with Crippen LogP contribution in [0.5, 0.6) is 5.75 Å². The molecule has 0 amide bonds. The lowest BCUT2D eigenvalue weighted by Gasteiger charge is -2.14. The van der Waals surface area contributed by atoms with Gasteiger partial charge in [-0.25, -0.2) is 0 Å². The van der Waals surface area contributed by atoms with Crippen molar-refractivity contribution in [1.82, 2.24) is 10.3 Å². The summed E-state index contributed by atoms with van der Waals surface area (Å²) in [6, 6.07) is 10.8. The lowest BCUT2D eigenvalue weighted by molar-refractivity contribution is 0.303. The number of ether oxygens (including phenoxy) is 1. The SMILES string of the molecule is CCNC1CCc2c(OCc3cccnc3)cccc21. The van der Waals surface area contributed by atoms with Crippen molar-refractivity contribution in [2.45, 2.75) is 32.4 Å². The summed E-state index contributed by atoms with van der Waals surface area (Å²) in [7, 11) is 0. The summed E-state index contributed by atoms with van der Waals surface area (Å²) in [5, 5.41) is 3.54. The van der Waals surface area contributed by atoms with Gasteiger partial charge in [-0.2, -0.15) is 0 Å². The Morgan fingerprint density at radius 3 is 3.05 bits per heavy atom. The van der Waals surface area contributed by atoms with E-state index in [0.29, 0.717) is 12.6 Å². The first-order chi connectivity index (χ1) is 9.88. The molecule has 0 aliphatic heterocycles. The molecule has 0 bridgehead atoms. The van der Waals surface area contributed by atoms with Gasteiger partial charge in [-0.15, -0.1) is 0 Å². The topological polar surface area (TPSA) is 34.1 Å². The largest absolute Gasteiger partial charge is 0.489 e. The van der Waals surface area contributed by atoms with E-state index in [0.717, 1.165) is 30.7 Å². The maximum absolute atomic E-state index is 5.99. The van der Waals surface area contributed by atoms with Crippen LogP contribution in [0.15, 0.2) is 42.7 Å². The van der Waals surface area contributed by atoms with Crippen LogP contribution in [-0.4, -0.2) is 11.5 Å². The summed E-state index contributed by atoms with van der Waals surface area (Å²) in [6.45, 7) is 3.74. The molecule has 1 aromatic carbocycles. The van der Waals surface area contributed by atoms with E-state index in [1.54, 1.807) is 6.20 Å². The molecule has 0 fully saturated rings. The molecular weight excluding hydrogens is 248 g/mol. The molecule has 2 aromatic rings. The molecular formula is C17H20N2O. The third-order valence-electron chi connectivity index (χ3n) is 3.80. The van der Waals surface area contributed by atoms with Crippen molar-refractivity contribution in [3.05, 3.63) is 59.4 Å². The van der Waals surface area contributed by atoms with E-state index in [1.807, 2.05) is 18.3 Å². The molecule has 1 unspecified atom stereocenters. The summed E-state index contributed by atoms with van der Waals surface area (Å²) in [4.78, 5) is 4.12. The van der Waals surface area contributed by atoms with E-state index in [4.69, 9.17) is 4.74 Å². The van der Waals surface area contributed by atoms with Crippen LogP contribution in [0.25, 0.3) is 0 Å². The van der Waals surface area contributed by atoms with Crippen LogP contribution in [0.2, 0.25) is 0 Å². The smallest absolute Gasteiger partial charge is 0.123 e. The van der Waals surface area contributed by atoms with E-state index >= 15 is 0 Å². The van der Waals surface area contributed by atoms with Crippen LogP contribution in [-0.2, 0) is 13.0 Å². The van der Waals surface area contributed by atoms with E-state index in [-0.39, 0.29) is 0 Å². The molecule has 0 saturated heterocycles. The van der Waals surface area contributed by atoms with Crippen LogP contribution < -0.4 is 10.1 Å². The number of rotatable bonds is 5. The van der Waals surface area contributed by atoms with Crippen molar-refractivity contribution < 1.29 is 4.74 Å². The first-order valence-corrected chi connectivity index (χ1v) is 7.25. The Morgan fingerprint density at radius 1 is 1.30 bits per heavy atom. The van der Waals surface area contributed by atoms with Crippen LogP contribution in [0, 0.1) is 0 Å². The van der Waals surface area contributed by atoms with Gasteiger partial charge in [0, 0.05) is 24.0 Å². The number of nitrogens with one attached hydrogen (secondary N) is 1. The maximum Gasteiger partial charge on any atom is 0.123 e. The predicted molar refractivity (Wildman–Crippen MR) is 79.7 cm³/mol. The molecule has 20 heavy (non-hydrogen) atoms. The van der Waals surface area contributed by atoms with Crippen LogP contribution in [0.3, 0.4) is 0 Å². The zero-order valence-corrected chi connectivity index (χ0v) is 11.8. The van der Waals surface area contributed by atoms with Gasteiger partial charge in [0.15, 0.2) is 0 Å².